The number of ether oxygens (including phenoxy) is 2. The summed E-state index contributed by atoms with van der Waals surface area (Å²) < 4.78 is 16.5. The Bertz CT molecular complexity index is 930. The predicted octanol–water partition coefficient (Wildman–Crippen LogP) is 5.25. The van der Waals surface area contributed by atoms with E-state index < -0.39 is 0 Å². The summed E-state index contributed by atoms with van der Waals surface area (Å²) in [5.41, 5.74) is 3.09. The zero-order valence-electron chi connectivity index (χ0n) is 17.6. The van der Waals surface area contributed by atoms with Crippen molar-refractivity contribution in [2.45, 2.75) is 38.6 Å². The van der Waals surface area contributed by atoms with Crippen LogP contribution in [0.5, 0.6) is 11.5 Å². The van der Waals surface area contributed by atoms with Gasteiger partial charge in [-0.05, 0) is 56.0 Å². The van der Waals surface area contributed by atoms with Crippen LogP contribution in [-0.4, -0.2) is 37.4 Å². The molecule has 0 N–H and O–H groups in total. The molecule has 1 aliphatic heterocycles. The first-order chi connectivity index (χ1) is 14.2. The Kier molecular flexibility index (Phi) is 6.05. The number of piperidine rings is 1. The van der Waals surface area contributed by atoms with Crippen molar-refractivity contribution in [3.05, 3.63) is 53.7 Å². The zero-order chi connectivity index (χ0) is 20.2. The zero-order valence-corrected chi connectivity index (χ0v) is 17.6. The van der Waals surface area contributed by atoms with Gasteiger partial charge in [0.25, 0.3) is 0 Å². The maximum absolute atomic E-state index is 5.64. The molecule has 1 atom stereocenters. The third-order valence-electron chi connectivity index (χ3n) is 6.12. The van der Waals surface area contributed by atoms with Crippen LogP contribution in [-0.2, 0) is 6.54 Å². The lowest BCUT2D eigenvalue weighted by Crippen LogP contribution is -2.33. The molecule has 5 heteroatoms. The summed E-state index contributed by atoms with van der Waals surface area (Å²) in [6.07, 6.45) is 3.61. The van der Waals surface area contributed by atoms with E-state index in [2.05, 4.69) is 47.3 Å². The van der Waals surface area contributed by atoms with Crippen LogP contribution >= 0.6 is 0 Å². The van der Waals surface area contributed by atoms with Gasteiger partial charge in [-0.15, -0.1) is 0 Å². The van der Waals surface area contributed by atoms with E-state index in [0.29, 0.717) is 23.0 Å². The van der Waals surface area contributed by atoms with Crippen LogP contribution < -0.4 is 9.47 Å². The molecule has 154 valence electrons. The minimum atomic E-state index is 0.347. The molecule has 0 radical (unpaired) electrons. The summed E-state index contributed by atoms with van der Waals surface area (Å²) >= 11 is 0. The Balaban J connectivity index is 1.38. The van der Waals surface area contributed by atoms with Crippen LogP contribution in [0.25, 0.3) is 11.0 Å². The fourth-order valence-corrected chi connectivity index (χ4v) is 4.52. The van der Waals surface area contributed by atoms with Gasteiger partial charge in [-0.3, -0.25) is 4.90 Å². The van der Waals surface area contributed by atoms with Crippen LogP contribution in [0.15, 0.2) is 47.0 Å². The topological polar surface area (TPSA) is 47.7 Å². The smallest absolute Gasteiger partial charge is 0.212 e. The largest absolute Gasteiger partial charge is 0.493 e. The van der Waals surface area contributed by atoms with Gasteiger partial charge in [0, 0.05) is 17.8 Å². The first kappa shape index (κ1) is 19.8. The van der Waals surface area contributed by atoms with Crippen molar-refractivity contribution in [1.29, 1.82) is 0 Å². The minimum absolute atomic E-state index is 0.347. The Hall–Kier alpha value is -2.53. The van der Waals surface area contributed by atoms with Crippen LogP contribution in [0.1, 0.15) is 43.4 Å². The van der Waals surface area contributed by atoms with Gasteiger partial charge in [-0.2, -0.15) is 0 Å². The molecule has 1 unspecified atom stereocenters. The van der Waals surface area contributed by atoms with Crippen molar-refractivity contribution >= 4 is 11.0 Å². The number of fused-ring (bicyclic) bond motifs is 1. The second kappa shape index (κ2) is 8.87. The van der Waals surface area contributed by atoms with E-state index in [1.54, 1.807) is 14.2 Å². The predicted molar refractivity (Wildman–Crippen MR) is 115 cm³/mol. The third kappa shape index (κ3) is 4.25. The molecule has 0 aliphatic carbocycles. The number of rotatable bonds is 7. The molecule has 3 aromatic rings. The second-order valence-corrected chi connectivity index (χ2v) is 8.09. The molecular formula is C24H30N2O3. The van der Waals surface area contributed by atoms with Crippen molar-refractivity contribution in [3.8, 4) is 11.5 Å². The molecule has 2 aromatic carbocycles. The van der Waals surface area contributed by atoms with E-state index in [9.17, 15) is 0 Å². The van der Waals surface area contributed by atoms with Gasteiger partial charge in [0.1, 0.15) is 0 Å². The average Bonchev–Trinajstić information content (AvgIpc) is 3.19. The maximum Gasteiger partial charge on any atom is 0.212 e. The number of aromatic nitrogens is 1. The van der Waals surface area contributed by atoms with E-state index in [0.717, 1.165) is 43.1 Å². The quantitative estimate of drug-likeness (QED) is 0.548. The molecule has 0 amide bonds. The number of hydrogen-bond donors (Lipinski definition) is 0. The summed E-state index contributed by atoms with van der Waals surface area (Å²) in [7, 11) is 3.26. The van der Waals surface area contributed by atoms with Crippen LogP contribution in [0.4, 0.5) is 0 Å². The van der Waals surface area contributed by atoms with Crippen molar-refractivity contribution in [1.82, 2.24) is 10.1 Å². The fraction of sp³-hybridized carbons (Fsp3) is 0.458. The Morgan fingerprint density at radius 3 is 2.52 bits per heavy atom. The molecule has 29 heavy (non-hydrogen) atoms. The van der Waals surface area contributed by atoms with E-state index >= 15 is 0 Å². The molecule has 5 nitrogen and oxygen atoms in total. The number of benzene rings is 2. The van der Waals surface area contributed by atoms with Crippen LogP contribution in [0, 0.1) is 5.92 Å². The fourth-order valence-electron chi connectivity index (χ4n) is 4.52. The summed E-state index contributed by atoms with van der Waals surface area (Å²) in [5.74, 6) is 2.36. The Labute approximate surface area is 172 Å². The molecule has 0 bridgehead atoms. The monoisotopic (exact) mass is 394 g/mol. The SMILES string of the molecule is COc1ccc2c(C(C)CC3CCN(Cc4ccccc4)CC3)noc2c1OC. The van der Waals surface area contributed by atoms with Gasteiger partial charge >= 0.3 is 0 Å². The van der Waals surface area contributed by atoms with Gasteiger partial charge in [0.05, 0.1) is 19.9 Å². The van der Waals surface area contributed by atoms with E-state index in [1.165, 1.54) is 18.4 Å². The molecule has 1 saturated heterocycles. The van der Waals surface area contributed by atoms with Crippen LogP contribution in [0.3, 0.4) is 0 Å². The summed E-state index contributed by atoms with van der Waals surface area (Å²) in [4.78, 5) is 2.57. The lowest BCUT2D eigenvalue weighted by molar-refractivity contribution is 0.168. The number of likely N-dealkylation sites (tertiary alicyclic amines) is 1. The molecule has 1 aliphatic rings. The normalized spacial score (nSPS) is 16.8. The number of hydrogen-bond acceptors (Lipinski definition) is 5. The van der Waals surface area contributed by atoms with Gasteiger partial charge in [-0.1, -0.05) is 42.4 Å². The lowest BCUT2D eigenvalue weighted by atomic mass is 9.86. The summed E-state index contributed by atoms with van der Waals surface area (Å²) in [5, 5.41) is 5.42. The standard InChI is InChI=1S/C24H30N2O3/c1-17(22-20-9-10-21(27-2)24(28-3)23(20)29-25-22)15-18-11-13-26(14-12-18)16-19-7-5-4-6-8-19/h4-10,17-18H,11-16H2,1-3H3. The highest BCUT2D eigenvalue weighted by molar-refractivity contribution is 5.87. The first-order valence-corrected chi connectivity index (χ1v) is 10.5. The Morgan fingerprint density at radius 1 is 1.07 bits per heavy atom. The molecular weight excluding hydrogens is 364 g/mol. The summed E-state index contributed by atoms with van der Waals surface area (Å²) in [6, 6.07) is 14.7. The highest BCUT2D eigenvalue weighted by Gasteiger charge is 2.25. The molecule has 0 saturated carbocycles. The molecule has 1 fully saturated rings. The van der Waals surface area contributed by atoms with E-state index in [-0.39, 0.29) is 0 Å². The second-order valence-electron chi connectivity index (χ2n) is 8.09. The highest BCUT2D eigenvalue weighted by Crippen LogP contribution is 2.40. The van der Waals surface area contributed by atoms with Crippen molar-refractivity contribution in [2.24, 2.45) is 5.92 Å². The van der Waals surface area contributed by atoms with Crippen LogP contribution in [0.2, 0.25) is 0 Å². The van der Waals surface area contributed by atoms with Gasteiger partial charge < -0.3 is 14.0 Å². The third-order valence-corrected chi connectivity index (χ3v) is 6.12. The van der Waals surface area contributed by atoms with Crippen molar-refractivity contribution < 1.29 is 14.0 Å². The number of methoxy groups -OCH3 is 2. The summed E-state index contributed by atoms with van der Waals surface area (Å²) in [6.45, 7) is 5.64. The van der Waals surface area contributed by atoms with Crippen molar-refractivity contribution in [2.75, 3.05) is 27.3 Å². The van der Waals surface area contributed by atoms with Gasteiger partial charge in [-0.25, -0.2) is 0 Å². The van der Waals surface area contributed by atoms with Gasteiger partial charge in [0.2, 0.25) is 11.3 Å². The molecule has 0 spiro atoms. The Morgan fingerprint density at radius 2 is 1.83 bits per heavy atom. The lowest BCUT2D eigenvalue weighted by Gasteiger charge is -2.33. The van der Waals surface area contributed by atoms with E-state index in [4.69, 9.17) is 14.0 Å². The van der Waals surface area contributed by atoms with Gasteiger partial charge in [0.15, 0.2) is 5.75 Å². The maximum atomic E-state index is 5.64. The minimum Gasteiger partial charge on any atom is -0.493 e. The molecule has 2 heterocycles. The first-order valence-electron chi connectivity index (χ1n) is 10.5. The molecule has 4 rings (SSSR count). The van der Waals surface area contributed by atoms with E-state index in [1.807, 2.05) is 12.1 Å². The highest BCUT2D eigenvalue weighted by atomic mass is 16.5. The van der Waals surface area contributed by atoms with Crippen molar-refractivity contribution in [3.63, 3.8) is 0 Å². The number of nitrogens with zero attached hydrogens (tertiary/aromatic N) is 2. The average molecular weight is 395 g/mol. The molecule has 1 aromatic heterocycles.